The second-order valence-corrected chi connectivity index (χ2v) is 8.14. The van der Waals surface area contributed by atoms with E-state index in [1.54, 1.807) is 26.0 Å². The van der Waals surface area contributed by atoms with E-state index in [0.29, 0.717) is 42.5 Å². The van der Waals surface area contributed by atoms with Gasteiger partial charge in [-0.25, -0.2) is 13.8 Å². The van der Waals surface area contributed by atoms with Gasteiger partial charge >= 0.3 is 5.69 Å². The number of pyridine rings is 1. The molecule has 0 aliphatic heterocycles. The van der Waals surface area contributed by atoms with Gasteiger partial charge < -0.3 is 4.98 Å². The molecule has 9 heteroatoms. The Bertz CT molecular complexity index is 1370. The lowest BCUT2D eigenvalue weighted by atomic mass is 10.1. The summed E-state index contributed by atoms with van der Waals surface area (Å²) in [5.41, 5.74) is 1.20. The van der Waals surface area contributed by atoms with Crippen molar-refractivity contribution in [2.24, 2.45) is 0 Å². The van der Waals surface area contributed by atoms with Gasteiger partial charge in [-0.2, -0.15) is 0 Å². The molecule has 0 saturated heterocycles. The molecule has 0 fully saturated rings. The summed E-state index contributed by atoms with van der Waals surface area (Å²) in [5, 5.41) is 0.580. The molecule has 0 amide bonds. The first-order valence-electron chi connectivity index (χ1n) is 8.13. The topological polar surface area (TPSA) is 67.8 Å². The monoisotopic (exact) mass is 435 g/mol. The first-order chi connectivity index (χ1) is 13.3. The van der Waals surface area contributed by atoms with Crippen molar-refractivity contribution in [2.75, 3.05) is 0 Å². The van der Waals surface area contributed by atoms with Gasteiger partial charge in [-0.1, -0.05) is 23.2 Å². The highest BCUT2D eigenvalue weighted by molar-refractivity contribution is 7.22. The fourth-order valence-electron chi connectivity index (χ4n) is 2.92. The normalized spacial score (nSPS) is 11.3. The van der Waals surface area contributed by atoms with Crippen LogP contribution in [0.1, 0.15) is 11.1 Å². The number of thiophene rings is 1. The molecular formula is C19H12Cl2FN3O2S. The molecule has 1 aromatic carbocycles. The molecule has 3 heterocycles. The Kier molecular flexibility index (Phi) is 4.61. The smallest absolute Gasteiger partial charge is 0.306 e. The lowest BCUT2D eigenvalue weighted by Crippen LogP contribution is -2.33. The van der Waals surface area contributed by atoms with Crippen LogP contribution in [-0.4, -0.2) is 14.5 Å². The van der Waals surface area contributed by atoms with Crippen LogP contribution in [0.3, 0.4) is 0 Å². The molecule has 4 rings (SSSR count). The fourth-order valence-corrected chi connectivity index (χ4v) is 4.46. The molecule has 28 heavy (non-hydrogen) atoms. The number of hydrogen-bond donors (Lipinski definition) is 1. The molecule has 0 bridgehead atoms. The van der Waals surface area contributed by atoms with Crippen LogP contribution >= 0.6 is 34.5 Å². The molecule has 0 radical (unpaired) electrons. The zero-order valence-corrected chi connectivity index (χ0v) is 17.0. The second-order valence-electron chi connectivity index (χ2n) is 6.27. The van der Waals surface area contributed by atoms with Crippen LogP contribution in [0.25, 0.3) is 26.3 Å². The van der Waals surface area contributed by atoms with E-state index >= 15 is 0 Å². The molecule has 4 aromatic rings. The molecule has 0 spiro atoms. The first kappa shape index (κ1) is 18.9. The highest BCUT2D eigenvalue weighted by Gasteiger charge is 2.17. The van der Waals surface area contributed by atoms with Crippen LogP contribution in [0.4, 0.5) is 4.39 Å². The second kappa shape index (κ2) is 6.84. The summed E-state index contributed by atoms with van der Waals surface area (Å²) in [5.74, 6) is -0.408. The summed E-state index contributed by atoms with van der Waals surface area (Å²) >= 11 is 13.4. The number of aryl methyl sites for hydroxylation is 1. The number of aromatic nitrogens is 3. The fraction of sp³-hybridized carbons (Fsp3) is 0.105. The zero-order chi connectivity index (χ0) is 20.2. The number of hydrogen-bond acceptors (Lipinski definition) is 4. The van der Waals surface area contributed by atoms with E-state index in [4.69, 9.17) is 23.2 Å². The third-order valence-corrected chi connectivity index (χ3v) is 6.31. The predicted octanol–water partition coefficient (Wildman–Crippen LogP) is 4.87. The Hall–Kier alpha value is -2.48. The van der Waals surface area contributed by atoms with Crippen LogP contribution in [0, 0.1) is 19.7 Å². The number of nitrogens with zero attached hydrogens (tertiary/aromatic N) is 2. The summed E-state index contributed by atoms with van der Waals surface area (Å²) in [6.07, 6.45) is 2.86. The highest BCUT2D eigenvalue weighted by Crippen LogP contribution is 2.36. The van der Waals surface area contributed by atoms with E-state index in [1.807, 2.05) is 0 Å². The summed E-state index contributed by atoms with van der Waals surface area (Å²) in [6, 6.07) is 4.51. The number of rotatable bonds is 2. The molecular weight excluding hydrogens is 424 g/mol. The van der Waals surface area contributed by atoms with Gasteiger partial charge in [0.1, 0.15) is 10.5 Å². The van der Waals surface area contributed by atoms with Crippen molar-refractivity contribution in [3.63, 3.8) is 0 Å². The maximum atomic E-state index is 13.7. The maximum absolute atomic E-state index is 13.7. The van der Waals surface area contributed by atoms with Crippen LogP contribution in [0.2, 0.25) is 10.0 Å². The predicted molar refractivity (Wildman–Crippen MR) is 111 cm³/mol. The number of H-pyrrole nitrogens is 1. The molecule has 142 valence electrons. The van der Waals surface area contributed by atoms with E-state index in [2.05, 4.69) is 9.97 Å². The van der Waals surface area contributed by atoms with Gasteiger partial charge in [-0.3, -0.25) is 9.78 Å². The maximum Gasteiger partial charge on any atom is 0.333 e. The van der Waals surface area contributed by atoms with Gasteiger partial charge in [0.25, 0.3) is 5.56 Å². The van der Waals surface area contributed by atoms with E-state index < -0.39 is 17.1 Å². The van der Waals surface area contributed by atoms with Gasteiger partial charge in [0.15, 0.2) is 0 Å². The zero-order valence-electron chi connectivity index (χ0n) is 14.6. The number of aromatic amines is 1. The van der Waals surface area contributed by atoms with Crippen molar-refractivity contribution in [3.05, 3.63) is 78.4 Å². The SMILES string of the molecule is Cc1cc(-c2cc3[nH]c(=O)n(-c4cncc(Cl)c4C)c(=O)c3s2)c(Cl)cc1F. The first-order valence-corrected chi connectivity index (χ1v) is 9.70. The van der Waals surface area contributed by atoms with E-state index in [-0.39, 0.29) is 5.02 Å². The van der Waals surface area contributed by atoms with Crippen molar-refractivity contribution < 1.29 is 4.39 Å². The molecule has 5 nitrogen and oxygen atoms in total. The molecule has 1 N–H and O–H groups in total. The number of benzene rings is 1. The van der Waals surface area contributed by atoms with Crippen molar-refractivity contribution >= 4 is 44.8 Å². The highest BCUT2D eigenvalue weighted by atomic mass is 35.5. The Morgan fingerprint density at radius 3 is 2.61 bits per heavy atom. The average molecular weight is 436 g/mol. The lowest BCUT2D eigenvalue weighted by Gasteiger charge is -2.08. The molecule has 0 atom stereocenters. The van der Waals surface area contributed by atoms with Crippen LogP contribution in [-0.2, 0) is 0 Å². The third-order valence-electron chi connectivity index (χ3n) is 4.46. The minimum atomic E-state index is -0.601. The van der Waals surface area contributed by atoms with Gasteiger partial charge in [0, 0.05) is 16.6 Å². The van der Waals surface area contributed by atoms with E-state index in [0.717, 1.165) is 4.57 Å². The number of fused-ring (bicyclic) bond motifs is 1. The Morgan fingerprint density at radius 1 is 1.11 bits per heavy atom. The molecule has 3 aromatic heterocycles. The van der Waals surface area contributed by atoms with Crippen molar-refractivity contribution in [3.8, 4) is 16.1 Å². The quantitative estimate of drug-likeness (QED) is 0.488. The van der Waals surface area contributed by atoms with Crippen molar-refractivity contribution in [1.29, 1.82) is 0 Å². The van der Waals surface area contributed by atoms with Gasteiger partial charge in [0.2, 0.25) is 0 Å². The summed E-state index contributed by atoms with van der Waals surface area (Å²) < 4.78 is 15.1. The standard InChI is InChI=1S/C19H12Cl2FN3O2S/c1-8-3-10(11(20)4-13(8)22)16-5-14-17(28-16)18(26)25(19(27)24-14)15-7-23-6-12(21)9(15)2/h3-7H,1-2H3,(H,24,27). The van der Waals surface area contributed by atoms with Gasteiger partial charge in [-0.15, -0.1) is 11.3 Å². The van der Waals surface area contributed by atoms with Crippen molar-refractivity contribution in [2.45, 2.75) is 13.8 Å². The molecule has 0 unspecified atom stereocenters. The molecule has 0 saturated carbocycles. The van der Waals surface area contributed by atoms with Gasteiger partial charge in [0.05, 0.1) is 27.4 Å². The molecule has 0 aliphatic carbocycles. The van der Waals surface area contributed by atoms with Crippen molar-refractivity contribution in [1.82, 2.24) is 14.5 Å². The summed E-state index contributed by atoms with van der Waals surface area (Å²) in [7, 11) is 0. The average Bonchev–Trinajstić information content (AvgIpc) is 3.05. The lowest BCUT2D eigenvalue weighted by molar-refractivity contribution is 0.619. The molecule has 0 aliphatic rings. The Morgan fingerprint density at radius 2 is 1.86 bits per heavy atom. The van der Waals surface area contributed by atoms with Crippen LogP contribution in [0.15, 0.2) is 40.2 Å². The number of nitrogens with one attached hydrogen (secondary N) is 1. The minimum absolute atomic E-state index is 0.229. The number of halogens is 3. The van der Waals surface area contributed by atoms with Gasteiger partial charge in [-0.05, 0) is 43.2 Å². The third kappa shape index (κ3) is 2.96. The Labute approximate surface area is 172 Å². The minimum Gasteiger partial charge on any atom is -0.306 e. The van der Waals surface area contributed by atoms with Crippen LogP contribution < -0.4 is 11.2 Å². The largest absolute Gasteiger partial charge is 0.333 e. The summed E-state index contributed by atoms with van der Waals surface area (Å²) in [6.45, 7) is 3.34. The summed E-state index contributed by atoms with van der Waals surface area (Å²) in [4.78, 5) is 33.0. The van der Waals surface area contributed by atoms with E-state index in [1.165, 1.54) is 29.8 Å². The van der Waals surface area contributed by atoms with E-state index in [9.17, 15) is 14.0 Å². The van der Waals surface area contributed by atoms with Crippen LogP contribution in [0.5, 0.6) is 0 Å². The Balaban J connectivity index is 1.99.